The summed E-state index contributed by atoms with van der Waals surface area (Å²) in [4.78, 5) is 6.69. The van der Waals surface area contributed by atoms with E-state index in [1.807, 2.05) is 12.1 Å². The minimum Gasteiger partial charge on any atom is -0.493 e. The highest BCUT2D eigenvalue weighted by Gasteiger charge is 2.11. The Bertz CT molecular complexity index is 448. The van der Waals surface area contributed by atoms with Gasteiger partial charge < -0.3 is 15.4 Å². The maximum absolute atomic E-state index is 6.06. The molecule has 0 amide bonds. The lowest BCUT2D eigenvalue weighted by atomic mass is 10.1. The third kappa shape index (κ3) is 5.29. The van der Waals surface area contributed by atoms with Crippen molar-refractivity contribution in [2.45, 2.75) is 39.7 Å². The average Bonchev–Trinajstić information content (AvgIpc) is 2.52. The molecule has 1 fully saturated rings. The summed E-state index contributed by atoms with van der Waals surface area (Å²) in [5.41, 5.74) is 7.22. The topological polar surface area (TPSA) is 50.9 Å². The van der Waals surface area contributed by atoms with Crippen molar-refractivity contribution >= 4 is 5.96 Å². The van der Waals surface area contributed by atoms with E-state index in [0.717, 1.165) is 31.0 Å². The van der Waals surface area contributed by atoms with E-state index in [1.54, 1.807) is 0 Å². The van der Waals surface area contributed by atoms with Crippen LogP contribution in [-0.4, -0.2) is 30.6 Å². The monoisotopic (exact) mass is 289 g/mol. The first-order chi connectivity index (χ1) is 10.1. The molecule has 4 nitrogen and oxygen atoms in total. The van der Waals surface area contributed by atoms with Crippen LogP contribution in [0.4, 0.5) is 0 Å². The fourth-order valence-corrected chi connectivity index (χ4v) is 2.35. The van der Waals surface area contributed by atoms with Crippen LogP contribution in [0.3, 0.4) is 0 Å². The van der Waals surface area contributed by atoms with Gasteiger partial charge in [-0.15, -0.1) is 0 Å². The van der Waals surface area contributed by atoms with E-state index in [9.17, 15) is 0 Å². The Kier molecular flexibility index (Phi) is 5.90. The number of guanidine groups is 1. The van der Waals surface area contributed by atoms with Crippen LogP contribution in [-0.2, 0) is 6.54 Å². The number of ether oxygens (including phenoxy) is 1. The van der Waals surface area contributed by atoms with Gasteiger partial charge in [-0.2, -0.15) is 0 Å². The summed E-state index contributed by atoms with van der Waals surface area (Å²) in [7, 11) is 0. The van der Waals surface area contributed by atoms with E-state index in [0.29, 0.717) is 18.4 Å². The largest absolute Gasteiger partial charge is 0.493 e. The molecule has 1 aliphatic rings. The second kappa shape index (κ2) is 7.91. The van der Waals surface area contributed by atoms with Crippen molar-refractivity contribution < 1.29 is 4.74 Å². The van der Waals surface area contributed by atoms with Gasteiger partial charge >= 0.3 is 0 Å². The first kappa shape index (κ1) is 15.7. The minimum absolute atomic E-state index is 0.540. The Morgan fingerprint density at radius 1 is 1.19 bits per heavy atom. The van der Waals surface area contributed by atoms with Gasteiger partial charge in [0.25, 0.3) is 0 Å². The molecule has 1 saturated heterocycles. The maximum Gasteiger partial charge on any atom is 0.191 e. The molecule has 2 N–H and O–H groups in total. The van der Waals surface area contributed by atoms with Crippen LogP contribution in [0.25, 0.3) is 0 Å². The molecule has 4 heteroatoms. The van der Waals surface area contributed by atoms with Gasteiger partial charge in [0.2, 0.25) is 0 Å². The summed E-state index contributed by atoms with van der Waals surface area (Å²) in [6.45, 7) is 7.75. The molecule has 1 aromatic carbocycles. The third-order valence-corrected chi connectivity index (χ3v) is 3.61. The highest BCUT2D eigenvalue weighted by molar-refractivity contribution is 5.78. The standard InChI is InChI=1S/C17H27N3O/c1-14(2)13-21-16-8-6-15(7-9-16)12-19-17(18)20-10-4-3-5-11-20/h6-9,14H,3-5,10-13H2,1-2H3,(H2,18,19). The fraction of sp³-hybridized carbons (Fsp3) is 0.588. The second-order valence-electron chi connectivity index (χ2n) is 6.07. The fourth-order valence-electron chi connectivity index (χ4n) is 2.35. The summed E-state index contributed by atoms with van der Waals surface area (Å²) in [6.07, 6.45) is 3.75. The lowest BCUT2D eigenvalue weighted by molar-refractivity contribution is 0.271. The van der Waals surface area contributed by atoms with Crippen molar-refractivity contribution in [3.63, 3.8) is 0 Å². The van der Waals surface area contributed by atoms with Crippen LogP contribution in [0.1, 0.15) is 38.7 Å². The highest BCUT2D eigenvalue weighted by atomic mass is 16.5. The minimum atomic E-state index is 0.540. The first-order valence-corrected chi connectivity index (χ1v) is 7.92. The van der Waals surface area contributed by atoms with Crippen molar-refractivity contribution in [2.75, 3.05) is 19.7 Å². The number of hydrogen-bond acceptors (Lipinski definition) is 2. The molecule has 0 bridgehead atoms. The average molecular weight is 289 g/mol. The molecule has 0 spiro atoms. The maximum atomic E-state index is 6.06. The summed E-state index contributed by atoms with van der Waals surface area (Å²) in [5.74, 6) is 2.13. The van der Waals surface area contributed by atoms with E-state index < -0.39 is 0 Å². The number of hydrogen-bond donors (Lipinski definition) is 1. The van der Waals surface area contributed by atoms with Crippen molar-refractivity contribution in [1.29, 1.82) is 0 Å². The Balaban J connectivity index is 1.84. The van der Waals surface area contributed by atoms with Gasteiger partial charge in [0, 0.05) is 13.1 Å². The van der Waals surface area contributed by atoms with E-state index in [4.69, 9.17) is 10.5 Å². The molecule has 0 aliphatic carbocycles. The van der Waals surface area contributed by atoms with Crippen LogP contribution in [0, 0.1) is 5.92 Å². The van der Waals surface area contributed by atoms with Crippen LogP contribution in [0.2, 0.25) is 0 Å². The molecule has 0 saturated carbocycles. The van der Waals surface area contributed by atoms with Crippen LogP contribution in [0.5, 0.6) is 5.75 Å². The Labute approximate surface area is 128 Å². The predicted octanol–water partition coefficient (Wildman–Crippen LogP) is 3.02. The molecular formula is C17H27N3O. The van der Waals surface area contributed by atoms with Crippen LogP contribution in [0.15, 0.2) is 29.3 Å². The molecule has 0 aromatic heterocycles. The van der Waals surface area contributed by atoms with Gasteiger partial charge in [-0.25, -0.2) is 4.99 Å². The van der Waals surface area contributed by atoms with Crippen molar-refractivity contribution in [3.05, 3.63) is 29.8 Å². The number of piperidine rings is 1. The van der Waals surface area contributed by atoms with Gasteiger partial charge in [0.1, 0.15) is 5.75 Å². The Morgan fingerprint density at radius 2 is 1.86 bits per heavy atom. The Morgan fingerprint density at radius 3 is 2.48 bits per heavy atom. The van der Waals surface area contributed by atoms with Crippen molar-refractivity contribution in [3.8, 4) is 5.75 Å². The number of aliphatic imine (C=N–C) groups is 1. The molecule has 116 valence electrons. The molecule has 0 unspecified atom stereocenters. The molecule has 1 heterocycles. The summed E-state index contributed by atoms with van der Waals surface area (Å²) in [6, 6.07) is 8.12. The van der Waals surface area contributed by atoms with Crippen molar-refractivity contribution in [1.82, 2.24) is 4.90 Å². The predicted molar refractivity (Wildman–Crippen MR) is 87.5 cm³/mol. The molecule has 0 atom stereocenters. The summed E-state index contributed by atoms with van der Waals surface area (Å²) >= 11 is 0. The number of likely N-dealkylation sites (tertiary alicyclic amines) is 1. The zero-order valence-corrected chi connectivity index (χ0v) is 13.2. The zero-order valence-electron chi connectivity index (χ0n) is 13.2. The van der Waals surface area contributed by atoms with Crippen LogP contribution < -0.4 is 10.5 Å². The number of rotatable bonds is 5. The van der Waals surface area contributed by atoms with Crippen LogP contribution >= 0.6 is 0 Å². The lowest BCUT2D eigenvalue weighted by Gasteiger charge is -2.27. The molecule has 1 aliphatic heterocycles. The SMILES string of the molecule is CC(C)COc1ccc(CN=C(N)N2CCCCC2)cc1. The molecule has 21 heavy (non-hydrogen) atoms. The molecular weight excluding hydrogens is 262 g/mol. The first-order valence-electron chi connectivity index (χ1n) is 7.92. The van der Waals surface area contributed by atoms with Crippen molar-refractivity contribution in [2.24, 2.45) is 16.6 Å². The number of nitrogens with two attached hydrogens (primary N) is 1. The molecule has 2 rings (SSSR count). The van der Waals surface area contributed by atoms with Gasteiger partial charge in [-0.1, -0.05) is 26.0 Å². The number of nitrogens with zero attached hydrogens (tertiary/aromatic N) is 2. The normalized spacial score (nSPS) is 16.3. The second-order valence-corrected chi connectivity index (χ2v) is 6.07. The molecule has 1 aromatic rings. The van der Waals surface area contributed by atoms with E-state index in [-0.39, 0.29) is 0 Å². The van der Waals surface area contributed by atoms with Gasteiger partial charge in [-0.05, 0) is 42.9 Å². The lowest BCUT2D eigenvalue weighted by Crippen LogP contribution is -2.40. The Hall–Kier alpha value is -1.71. The van der Waals surface area contributed by atoms with E-state index >= 15 is 0 Å². The highest BCUT2D eigenvalue weighted by Crippen LogP contribution is 2.14. The smallest absolute Gasteiger partial charge is 0.191 e. The third-order valence-electron chi connectivity index (χ3n) is 3.61. The number of benzene rings is 1. The zero-order chi connectivity index (χ0) is 15.1. The molecule has 0 radical (unpaired) electrons. The van der Waals surface area contributed by atoms with E-state index in [1.165, 1.54) is 19.3 Å². The van der Waals surface area contributed by atoms with E-state index in [2.05, 4.69) is 35.9 Å². The van der Waals surface area contributed by atoms with Gasteiger partial charge in [0.15, 0.2) is 5.96 Å². The quantitative estimate of drug-likeness (QED) is 0.669. The summed E-state index contributed by atoms with van der Waals surface area (Å²) < 4.78 is 5.67. The van der Waals surface area contributed by atoms with Gasteiger partial charge in [-0.3, -0.25) is 0 Å². The van der Waals surface area contributed by atoms with Gasteiger partial charge in [0.05, 0.1) is 13.2 Å². The summed E-state index contributed by atoms with van der Waals surface area (Å²) in [5, 5.41) is 0.